The highest BCUT2D eigenvalue weighted by atomic mass is 28.3. The van der Waals surface area contributed by atoms with Gasteiger partial charge in [0, 0.05) is 0 Å². The first-order valence-electron chi connectivity index (χ1n) is 5.07. The molecule has 0 N–H and O–H groups in total. The Morgan fingerprint density at radius 1 is 0.786 bits per heavy atom. The van der Waals surface area contributed by atoms with Crippen molar-refractivity contribution in [3.8, 4) is 0 Å². The van der Waals surface area contributed by atoms with Crippen molar-refractivity contribution in [2.75, 3.05) is 0 Å². The van der Waals surface area contributed by atoms with Crippen LogP contribution < -0.4 is 5.19 Å². The molecular weight excluding hydrogens is 184 g/mol. The molecule has 0 nitrogen and oxygen atoms in total. The predicted octanol–water partition coefficient (Wildman–Crippen LogP) is 3.39. The Morgan fingerprint density at radius 3 is 2.14 bits per heavy atom. The molecule has 14 heavy (non-hydrogen) atoms. The third kappa shape index (κ3) is 1.60. The lowest BCUT2D eigenvalue weighted by atomic mass is 10.1. The lowest BCUT2D eigenvalue weighted by Crippen LogP contribution is -2.37. The number of rotatable bonds is 1. The van der Waals surface area contributed by atoms with Gasteiger partial charge >= 0.3 is 0 Å². The Hall–Kier alpha value is -1.08. The number of benzene rings is 2. The summed E-state index contributed by atoms with van der Waals surface area (Å²) in [6.45, 7) is 7.19. The summed E-state index contributed by atoms with van der Waals surface area (Å²) < 4.78 is 0. The Labute approximate surface area is 86.6 Å². The van der Waals surface area contributed by atoms with E-state index in [-0.39, 0.29) is 0 Å². The lowest BCUT2D eigenvalue weighted by Gasteiger charge is -2.18. The van der Waals surface area contributed by atoms with Gasteiger partial charge < -0.3 is 0 Å². The minimum absolute atomic E-state index is 1.20. The zero-order chi connectivity index (χ0) is 10.2. The Kier molecular flexibility index (Phi) is 2.20. The first-order chi connectivity index (χ1) is 6.59. The van der Waals surface area contributed by atoms with E-state index in [4.69, 9.17) is 0 Å². The quantitative estimate of drug-likeness (QED) is 0.619. The van der Waals surface area contributed by atoms with Crippen molar-refractivity contribution in [2.45, 2.75) is 19.6 Å². The first-order valence-corrected chi connectivity index (χ1v) is 8.57. The second-order valence-electron chi connectivity index (χ2n) is 4.78. The van der Waals surface area contributed by atoms with Crippen molar-refractivity contribution in [3.63, 3.8) is 0 Å². The number of fused-ring (bicyclic) bond motifs is 1. The summed E-state index contributed by atoms with van der Waals surface area (Å²) in [7, 11) is -1.20. The van der Waals surface area contributed by atoms with Crippen molar-refractivity contribution in [1.82, 2.24) is 0 Å². The molecule has 0 bridgehead atoms. The van der Waals surface area contributed by atoms with Crippen molar-refractivity contribution in [2.24, 2.45) is 0 Å². The van der Waals surface area contributed by atoms with Gasteiger partial charge in [-0.1, -0.05) is 67.3 Å². The van der Waals surface area contributed by atoms with E-state index in [9.17, 15) is 0 Å². The van der Waals surface area contributed by atoms with Gasteiger partial charge in [-0.05, 0) is 10.8 Å². The van der Waals surface area contributed by atoms with Crippen molar-refractivity contribution >= 4 is 24.0 Å². The summed E-state index contributed by atoms with van der Waals surface area (Å²) in [6, 6.07) is 15.3. The van der Waals surface area contributed by atoms with E-state index in [0.29, 0.717) is 0 Å². The van der Waals surface area contributed by atoms with Crippen LogP contribution in [0.4, 0.5) is 0 Å². The molecule has 72 valence electrons. The highest BCUT2D eigenvalue weighted by Gasteiger charge is 2.18. The second-order valence-corrected chi connectivity index (χ2v) is 9.82. The van der Waals surface area contributed by atoms with Gasteiger partial charge in [0.05, 0.1) is 8.07 Å². The van der Waals surface area contributed by atoms with Crippen molar-refractivity contribution in [1.29, 1.82) is 0 Å². The average Bonchev–Trinajstić information content (AvgIpc) is 2.15. The maximum atomic E-state index is 2.40. The van der Waals surface area contributed by atoms with Crippen LogP contribution in [0.15, 0.2) is 42.5 Å². The fourth-order valence-electron chi connectivity index (χ4n) is 1.88. The molecule has 2 aromatic rings. The van der Waals surface area contributed by atoms with Crippen LogP contribution in [-0.2, 0) is 0 Å². The molecule has 0 fully saturated rings. The maximum absolute atomic E-state index is 2.40. The Balaban J connectivity index is 2.78. The maximum Gasteiger partial charge on any atom is 0.0784 e. The molecule has 0 saturated heterocycles. The molecule has 0 radical (unpaired) electrons. The van der Waals surface area contributed by atoms with Gasteiger partial charge in [-0.15, -0.1) is 0 Å². The van der Waals surface area contributed by atoms with Crippen LogP contribution in [0.25, 0.3) is 10.8 Å². The summed E-state index contributed by atoms with van der Waals surface area (Å²) in [6.07, 6.45) is 0. The smallest absolute Gasteiger partial charge is 0.0656 e. The zero-order valence-corrected chi connectivity index (χ0v) is 10.0. The standard InChI is InChI=1S/C13H16Si/c1-14(2,3)13-10-6-8-11-7-4-5-9-12(11)13/h4-10H,1-3H3. The molecule has 0 saturated carbocycles. The minimum atomic E-state index is -1.20. The molecule has 1 heteroatoms. The van der Waals surface area contributed by atoms with E-state index < -0.39 is 8.07 Å². The normalized spacial score (nSPS) is 11.9. The van der Waals surface area contributed by atoms with Gasteiger partial charge in [-0.25, -0.2) is 0 Å². The van der Waals surface area contributed by atoms with Crippen LogP contribution in [0, 0.1) is 0 Å². The van der Waals surface area contributed by atoms with E-state index >= 15 is 0 Å². The predicted molar refractivity (Wildman–Crippen MR) is 66.9 cm³/mol. The fraction of sp³-hybridized carbons (Fsp3) is 0.231. The molecule has 0 aromatic heterocycles. The molecule has 2 aromatic carbocycles. The van der Waals surface area contributed by atoms with Gasteiger partial charge in [0.2, 0.25) is 0 Å². The molecule has 0 aliphatic carbocycles. The molecular formula is C13H16Si. The third-order valence-electron chi connectivity index (χ3n) is 2.60. The highest BCUT2D eigenvalue weighted by Crippen LogP contribution is 2.15. The minimum Gasteiger partial charge on any atom is -0.0656 e. The lowest BCUT2D eigenvalue weighted by molar-refractivity contribution is 1.71. The molecule has 0 spiro atoms. The van der Waals surface area contributed by atoms with Crippen LogP contribution in [-0.4, -0.2) is 8.07 Å². The summed E-state index contributed by atoms with van der Waals surface area (Å²) in [5.41, 5.74) is 0. The molecule has 2 rings (SSSR count). The summed E-state index contributed by atoms with van der Waals surface area (Å²) in [5, 5.41) is 4.37. The summed E-state index contributed by atoms with van der Waals surface area (Å²) >= 11 is 0. The second kappa shape index (κ2) is 3.25. The highest BCUT2D eigenvalue weighted by molar-refractivity contribution is 6.90. The molecule has 0 amide bonds. The Morgan fingerprint density at radius 2 is 1.43 bits per heavy atom. The van der Waals surface area contributed by atoms with Gasteiger partial charge in [0.15, 0.2) is 0 Å². The first kappa shape index (κ1) is 9.47. The Bertz CT molecular complexity index is 447. The van der Waals surface area contributed by atoms with Gasteiger partial charge in [-0.3, -0.25) is 0 Å². The number of hydrogen-bond acceptors (Lipinski definition) is 0. The van der Waals surface area contributed by atoms with E-state index in [1.807, 2.05) is 0 Å². The van der Waals surface area contributed by atoms with E-state index in [0.717, 1.165) is 0 Å². The topological polar surface area (TPSA) is 0 Å². The summed E-state index contributed by atoms with van der Waals surface area (Å²) in [5.74, 6) is 0. The van der Waals surface area contributed by atoms with Gasteiger partial charge in [0.1, 0.15) is 0 Å². The monoisotopic (exact) mass is 200 g/mol. The average molecular weight is 200 g/mol. The fourth-order valence-corrected chi connectivity index (χ4v) is 3.51. The molecule has 0 aliphatic rings. The van der Waals surface area contributed by atoms with Crippen LogP contribution >= 0.6 is 0 Å². The molecule has 0 atom stereocenters. The van der Waals surface area contributed by atoms with Gasteiger partial charge in [0.25, 0.3) is 0 Å². The SMILES string of the molecule is C[Si](C)(C)c1cccc2ccccc12. The molecule has 0 aliphatic heterocycles. The van der Waals surface area contributed by atoms with Crippen LogP contribution in [0.5, 0.6) is 0 Å². The largest absolute Gasteiger partial charge is 0.0784 e. The molecule has 0 unspecified atom stereocenters. The molecule has 0 heterocycles. The zero-order valence-electron chi connectivity index (χ0n) is 9.04. The van der Waals surface area contributed by atoms with Crippen LogP contribution in [0.3, 0.4) is 0 Å². The van der Waals surface area contributed by atoms with Gasteiger partial charge in [-0.2, -0.15) is 0 Å². The van der Waals surface area contributed by atoms with E-state index in [1.165, 1.54) is 10.8 Å². The third-order valence-corrected chi connectivity index (χ3v) is 4.65. The van der Waals surface area contributed by atoms with Crippen molar-refractivity contribution < 1.29 is 0 Å². The number of hydrogen-bond donors (Lipinski definition) is 0. The summed E-state index contributed by atoms with van der Waals surface area (Å²) in [4.78, 5) is 0. The van der Waals surface area contributed by atoms with E-state index in [2.05, 4.69) is 62.1 Å². The van der Waals surface area contributed by atoms with E-state index in [1.54, 1.807) is 5.19 Å². The van der Waals surface area contributed by atoms with Crippen molar-refractivity contribution in [3.05, 3.63) is 42.5 Å². The van der Waals surface area contributed by atoms with Crippen LogP contribution in [0.1, 0.15) is 0 Å². The van der Waals surface area contributed by atoms with Crippen LogP contribution in [0.2, 0.25) is 19.6 Å².